The minimum atomic E-state index is -0.864. The molecule has 0 aliphatic heterocycles. The van der Waals surface area contributed by atoms with Crippen molar-refractivity contribution < 1.29 is 14.3 Å². The van der Waals surface area contributed by atoms with Gasteiger partial charge in [-0.15, -0.1) is 0 Å². The minimum Gasteiger partial charge on any atom is -0.464 e. The number of hydrogen-bond donors (Lipinski definition) is 1. The van der Waals surface area contributed by atoms with Gasteiger partial charge in [0.25, 0.3) is 5.91 Å². The Morgan fingerprint density at radius 3 is 2.34 bits per heavy atom. The zero-order valence-corrected chi connectivity index (χ0v) is 16.5. The van der Waals surface area contributed by atoms with E-state index in [0.717, 1.165) is 11.1 Å². The summed E-state index contributed by atoms with van der Waals surface area (Å²) in [6, 6.07) is 16.3. The lowest BCUT2D eigenvalue weighted by Gasteiger charge is -2.18. The van der Waals surface area contributed by atoms with Gasteiger partial charge in [0, 0.05) is 5.56 Å². The maximum absolute atomic E-state index is 12.7. The van der Waals surface area contributed by atoms with Gasteiger partial charge in [-0.1, -0.05) is 56.3 Å². The molecule has 0 aliphatic carbocycles. The molecular weight excluding hydrogens is 368 g/mol. The number of nitrogens with one attached hydrogen (secondary N) is 1. The zero-order chi connectivity index (χ0) is 20.6. The van der Waals surface area contributed by atoms with Crippen LogP contribution in [-0.2, 0) is 16.1 Å². The number of benzene rings is 2. The van der Waals surface area contributed by atoms with Crippen LogP contribution in [-0.4, -0.2) is 39.3 Å². The first-order valence-corrected chi connectivity index (χ1v) is 9.48. The Kier molecular flexibility index (Phi) is 6.73. The monoisotopic (exact) mass is 392 g/mol. The molecule has 1 aromatic heterocycles. The Hall–Kier alpha value is -3.48. The van der Waals surface area contributed by atoms with E-state index < -0.39 is 12.0 Å². The third kappa shape index (κ3) is 5.75. The molecule has 0 aliphatic rings. The molecule has 7 nitrogen and oxygen atoms in total. The van der Waals surface area contributed by atoms with Crippen molar-refractivity contribution in [1.29, 1.82) is 0 Å². The number of ether oxygens (including phenoxy) is 1. The fourth-order valence-corrected chi connectivity index (χ4v) is 2.73. The number of nitrogens with zero attached hydrogens (tertiary/aromatic N) is 3. The van der Waals surface area contributed by atoms with Crippen molar-refractivity contribution >= 4 is 11.9 Å². The Morgan fingerprint density at radius 2 is 1.72 bits per heavy atom. The van der Waals surface area contributed by atoms with Crippen LogP contribution >= 0.6 is 0 Å². The van der Waals surface area contributed by atoms with Gasteiger partial charge in [-0.05, 0) is 29.2 Å². The molecule has 29 heavy (non-hydrogen) atoms. The molecule has 1 amide bonds. The maximum Gasteiger partial charge on any atom is 0.330 e. The Bertz CT molecular complexity index is 922. The van der Waals surface area contributed by atoms with Gasteiger partial charge in [-0.25, -0.2) is 9.78 Å². The van der Waals surface area contributed by atoms with Gasteiger partial charge in [-0.2, -0.15) is 5.10 Å². The van der Waals surface area contributed by atoms with E-state index in [1.54, 1.807) is 12.1 Å². The topological polar surface area (TPSA) is 86.1 Å². The molecule has 0 radical (unpaired) electrons. The summed E-state index contributed by atoms with van der Waals surface area (Å²) in [5, 5.41) is 6.76. The van der Waals surface area contributed by atoms with Gasteiger partial charge < -0.3 is 10.1 Å². The van der Waals surface area contributed by atoms with Crippen molar-refractivity contribution in [3.05, 3.63) is 72.8 Å². The molecule has 3 rings (SSSR count). The SMILES string of the molecule is CC(C)COC(=O)[C@H](Cn1cncn1)NC(=O)c1ccc(-c2ccccc2)cc1. The molecule has 0 unspecified atom stereocenters. The molecule has 150 valence electrons. The van der Waals surface area contributed by atoms with Gasteiger partial charge in [0.15, 0.2) is 0 Å². The van der Waals surface area contributed by atoms with Gasteiger partial charge in [-0.3, -0.25) is 9.48 Å². The predicted molar refractivity (Wildman–Crippen MR) is 109 cm³/mol. The van der Waals surface area contributed by atoms with E-state index in [9.17, 15) is 9.59 Å². The van der Waals surface area contributed by atoms with E-state index in [1.165, 1.54) is 17.3 Å². The van der Waals surface area contributed by atoms with Crippen LogP contribution in [0.4, 0.5) is 0 Å². The summed E-state index contributed by atoms with van der Waals surface area (Å²) in [4.78, 5) is 29.1. The molecule has 0 bridgehead atoms. The van der Waals surface area contributed by atoms with Gasteiger partial charge in [0.2, 0.25) is 0 Å². The van der Waals surface area contributed by atoms with Crippen LogP contribution in [0.2, 0.25) is 0 Å². The van der Waals surface area contributed by atoms with Crippen LogP contribution in [0.15, 0.2) is 67.3 Å². The van der Waals surface area contributed by atoms with Crippen molar-refractivity contribution in [2.24, 2.45) is 5.92 Å². The Labute approximate surface area is 169 Å². The molecule has 0 spiro atoms. The Morgan fingerprint density at radius 1 is 1.03 bits per heavy atom. The van der Waals surface area contributed by atoms with Crippen LogP contribution in [0.3, 0.4) is 0 Å². The highest BCUT2D eigenvalue weighted by atomic mass is 16.5. The van der Waals surface area contributed by atoms with E-state index >= 15 is 0 Å². The fourth-order valence-electron chi connectivity index (χ4n) is 2.73. The molecule has 3 aromatic rings. The van der Waals surface area contributed by atoms with Crippen LogP contribution in [0.1, 0.15) is 24.2 Å². The summed E-state index contributed by atoms with van der Waals surface area (Å²) in [6.07, 6.45) is 2.87. The number of hydrogen-bond acceptors (Lipinski definition) is 5. The largest absolute Gasteiger partial charge is 0.464 e. The highest BCUT2D eigenvalue weighted by Gasteiger charge is 2.24. The third-order valence-electron chi connectivity index (χ3n) is 4.24. The second-order valence-electron chi connectivity index (χ2n) is 7.11. The van der Waals surface area contributed by atoms with E-state index in [-0.39, 0.29) is 25.0 Å². The number of carbonyl (C=O) groups excluding carboxylic acids is 2. The third-order valence-corrected chi connectivity index (χ3v) is 4.24. The quantitative estimate of drug-likeness (QED) is 0.596. The standard InChI is InChI=1S/C22H24N4O3/c1-16(2)13-29-22(28)20(12-26-15-23-14-24-26)25-21(27)19-10-8-18(9-11-19)17-6-4-3-5-7-17/h3-11,14-16,20H,12-13H2,1-2H3,(H,25,27)/t20-/m0/s1. The molecule has 1 atom stereocenters. The fraction of sp³-hybridized carbons (Fsp3) is 0.273. The second-order valence-corrected chi connectivity index (χ2v) is 7.11. The predicted octanol–water partition coefficient (Wildman–Crippen LogP) is 2.94. The molecule has 2 aromatic carbocycles. The smallest absolute Gasteiger partial charge is 0.330 e. The van der Waals surface area contributed by atoms with Crippen LogP contribution in [0, 0.1) is 5.92 Å². The normalized spacial score (nSPS) is 11.8. The van der Waals surface area contributed by atoms with E-state index in [2.05, 4.69) is 15.4 Å². The lowest BCUT2D eigenvalue weighted by molar-refractivity contribution is -0.147. The van der Waals surface area contributed by atoms with Crippen molar-refractivity contribution in [2.45, 2.75) is 26.4 Å². The van der Waals surface area contributed by atoms with Crippen molar-refractivity contribution in [2.75, 3.05) is 6.61 Å². The van der Waals surface area contributed by atoms with Gasteiger partial charge >= 0.3 is 5.97 Å². The summed E-state index contributed by atoms with van der Waals surface area (Å²) in [6.45, 7) is 4.33. The van der Waals surface area contributed by atoms with E-state index in [4.69, 9.17) is 4.74 Å². The molecule has 0 saturated carbocycles. The molecule has 1 heterocycles. The summed E-state index contributed by atoms with van der Waals surface area (Å²) < 4.78 is 6.80. The van der Waals surface area contributed by atoms with Crippen molar-refractivity contribution in [3.8, 4) is 11.1 Å². The molecule has 0 fully saturated rings. The van der Waals surface area contributed by atoms with Gasteiger partial charge in [0.1, 0.15) is 18.7 Å². The first kappa shape index (κ1) is 20.3. The van der Waals surface area contributed by atoms with Crippen molar-refractivity contribution in [1.82, 2.24) is 20.1 Å². The van der Waals surface area contributed by atoms with E-state index in [0.29, 0.717) is 5.56 Å². The van der Waals surface area contributed by atoms with Crippen molar-refractivity contribution in [3.63, 3.8) is 0 Å². The second kappa shape index (κ2) is 9.64. The van der Waals surface area contributed by atoms with E-state index in [1.807, 2.05) is 56.3 Å². The van der Waals surface area contributed by atoms with Crippen LogP contribution < -0.4 is 5.32 Å². The molecular formula is C22H24N4O3. The zero-order valence-electron chi connectivity index (χ0n) is 16.5. The first-order valence-electron chi connectivity index (χ1n) is 9.48. The average Bonchev–Trinajstić information content (AvgIpc) is 3.25. The number of aromatic nitrogens is 3. The maximum atomic E-state index is 12.7. The minimum absolute atomic E-state index is 0.144. The molecule has 7 heteroatoms. The summed E-state index contributed by atoms with van der Waals surface area (Å²) in [5.74, 6) is -0.646. The number of esters is 1. The summed E-state index contributed by atoms with van der Waals surface area (Å²) in [7, 11) is 0. The molecule has 1 N–H and O–H groups in total. The lowest BCUT2D eigenvalue weighted by atomic mass is 10.0. The average molecular weight is 392 g/mol. The highest BCUT2D eigenvalue weighted by Crippen LogP contribution is 2.19. The summed E-state index contributed by atoms with van der Waals surface area (Å²) >= 11 is 0. The number of rotatable bonds is 8. The number of carbonyl (C=O) groups is 2. The number of amides is 1. The highest BCUT2D eigenvalue weighted by molar-refractivity contribution is 5.97. The lowest BCUT2D eigenvalue weighted by Crippen LogP contribution is -2.45. The first-order chi connectivity index (χ1) is 14.0. The summed E-state index contributed by atoms with van der Waals surface area (Å²) in [5.41, 5.74) is 2.54. The van der Waals surface area contributed by atoms with Crippen LogP contribution in [0.5, 0.6) is 0 Å². The molecule has 0 saturated heterocycles. The Balaban J connectivity index is 1.70. The van der Waals surface area contributed by atoms with Gasteiger partial charge in [0.05, 0.1) is 13.2 Å². The van der Waals surface area contributed by atoms with Crippen LogP contribution in [0.25, 0.3) is 11.1 Å².